The largest absolute Gasteiger partial charge is 0.494 e. The van der Waals surface area contributed by atoms with E-state index in [0.29, 0.717) is 28.5 Å². The Balaban J connectivity index is 1.97. The van der Waals surface area contributed by atoms with Crippen LogP contribution in [0, 0.1) is 20.8 Å². The van der Waals surface area contributed by atoms with Crippen LogP contribution in [0.15, 0.2) is 40.9 Å². The zero-order valence-electron chi connectivity index (χ0n) is 17.2. The van der Waals surface area contributed by atoms with Gasteiger partial charge in [0.15, 0.2) is 0 Å². The van der Waals surface area contributed by atoms with Crippen molar-refractivity contribution in [2.24, 2.45) is 0 Å². The van der Waals surface area contributed by atoms with Gasteiger partial charge in [-0.2, -0.15) is 0 Å². The Morgan fingerprint density at radius 2 is 1.90 bits per heavy atom. The predicted octanol–water partition coefficient (Wildman–Crippen LogP) is 3.62. The van der Waals surface area contributed by atoms with Crippen molar-refractivity contribution >= 4 is 11.9 Å². The Kier molecular flexibility index (Phi) is 6.15. The Morgan fingerprint density at radius 3 is 2.50 bits per heavy atom. The first-order valence-corrected chi connectivity index (χ1v) is 9.38. The number of hydrogen-bond donors (Lipinski definition) is 2. The van der Waals surface area contributed by atoms with E-state index in [-0.39, 0.29) is 12.1 Å². The molecule has 0 saturated carbocycles. The third-order valence-electron chi connectivity index (χ3n) is 4.83. The molecule has 3 rings (SSSR count). The van der Waals surface area contributed by atoms with E-state index in [0.717, 1.165) is 11.1 Å². The monoisotopic (exact) mass is 409 g/mol. The number of aryl methyl sites for hydroxylation is 3. The second kappa shape index (κ2) is 8.77. The van der Waals surface area contributed by atoms with Crippen molar-refractivity contribution in [3.63, 3.8) is 0 Å². The fourth-order valence-electron chi connectivity index (χ4n) is 3.36. The highest BCUT2D eigenvalue weighted by molar-refractivity contribution is 5.94. The number of pyridine rings is 1. The minimum Gasteiger partial charge on any atom is -0.494 e. The molecule has 1 amide bonds. The standard InChI is InChI=1S/C22H23N3O5/c1-12-7-5-6-8-15(12)17(11-19(26)27)24-22(28)16-9-10-18(29-4)21(23-16)20-13(2)25-30-14(20)3/h5-10,17H,11H2,1-4H3,(H,24,28)(H,26,27)/t17-/m0/s1. The number of benzene rings is 1. The Labute approximate surface area is 173 Å². The smallest absolute Gasteiger partial charge is 0.305 e. The maximum Gasteiger partial charge on any atom is 0.305 e. The van der Waals surface area contributed by atoms with E-state index in [1.54, 1.807) is 26.0 Å². The van der Waals surface area contributed by atoms with E-state index in [1.807, 2.05) is 25.1 Å². The van der Waals surface area contributed by atoms with Crippen molar-refractivity contribution in [1.29, 1.82) is 0 Å². The van der Waals surface area contributed by atoms with Gasteiger partial charge in [0.1, 0.15) is 22.9 Å². The number of amides is 1. The van der Waals surface area contributed by atoms with Crippen LogP contribution >= 0.6 is 0 Å². The second-order valence-electron chi connectivity index (χ2n) is 6.93. The van der Waals surface area contributed by atoms with E-state index in [1.165, 1.54) is 13.2 Å². The molecule has 2 aromatic heterocycles. The predicted molar refractivity (Wildman–Crippen MR) is 109 cm³/mol. The van der Waals surface area contributed by atoms with Crippen LogP contribution in [0.5, 0.6) is 5.75 Å². The third-order valence-corrected chi connectivity index (χ3v) is 4.83. The van der Waals surface area contributed by atoms with Gasteiger partial charge in [0.05, 0.1) is 30.8 Å². The van der Waals surface area contributed by atoms with Gasteiger partial charge in [0, 0.05) is 0 Å². The lowest BCUT2D eigenvalue weighted by Crippen LogP contribution is -2.31. The molecule has 0 aliphatic heterocycles. The summed E-state index contributed by atoms with van der Waals surface area (Å²) in [6, 6.07) is 9.83. The highest BCUT2D eigenvalue weighted by Gasteiger charge is 2.23. The number of hydrogen-bond acceptors (Lipinski definition) is 6. The van der Waals surface area contributed by atoms with E-state index in [9.17, 15) is 14.7 Å². The summed E-state index contributed by atoms with van der Waals surface area (Å²) in [6.07, 6.45) is -0.247. The molecule has 0 fully saturated rings. The van der Waals surface area contributed by atoms with E-state index in [2.05, 4.69) is 15.5 Å². The van der Waals surface area contributed by atoms with Crippen LogP contribution in [0.1, 0.15) is 45.5 Å². The lowest BCUT2D eigenvalue weighted by Gasteiger charge is -2.19. The SMILES string of the molecule is COc1ccc(C(=O)N[C@@H](CC(=O)O)c2ccccc2C)nc1-c1c(C)noc1C. The molecule has 0 aliphatic carbocycles. The van der Waals surface area contributed by atoms with Gasteiger partial charge in [0.2, 0.25) is 0 Å². The Hall–Kier alpha value is -3.68. The number of aromatic nitrogens is 2. The van der Waals surface area contributed by atoms with Gasteiger partial charge in [-0.1, -0.05) is 29.4 Å². The molecule has 0 spiro atoms. The highest BCUT2D eigenvalue weighted by atomic mass is 16.5. The topological polar surface area (TPSA) is 115 Å². The number of carboxylic acid groups (broad SMARTS) is 1. The Morgan fingerprint density at radius 1 is 1.17 bits per heavy atom. The number of carbonyl (C=O) groups is 2. The van der Waals surface area contributed by atoms with Crippen molar-refractivity contribution in [2.75, 3.05) is 7.11 Å². The molecule has 156 valence electrons. The summed E-state index contributed by atoms with van der Waals surface area (Å²) in [5.41, 5.74) is 3.49. The van der Waals surface area contributed by atoms with Gasteiger partial charge >= 0.3 is 5.97 Å². The van der Waals surface area contributed by atoms with Crippen molar-refractivity contribution in [2.45, 2.75) is 33.2 Å². The van der Waals surface area contributed by atoms with Gasteiger partial charge in [-0.15, -0.1) is 0 Å². The lowest BCUT2D eigenvalue weighted by atomic mass is 9.98. The highest BCUT2D eigenvalue weighted by Crippen LogP contribution is 2.33. The summed E-state index contributed by atoms with van der Waals surface area (Å²) in [7, 11) is 1.51. The lowest BCUT2D eigenvalue weighted by molar-refractivity contribution is -0.137. The minimum absolute atomic E-state index is 0.134. The van der Waals surface area contributed by atoms with Crippen LogP contribution in [-0.4, -0.2) is 34.2 Å². The molecule has 8 heteroatoms. The number of nitrogens with zero attached hydrogens (tertiary/aromatic N) is 2. The molecular formula is C22H23N3O5. The van der Waals surface area contributed by atoms with Crippen LogP contribution in [0.4, 0.5) is 0 Å². The second-order valence-corrected chi connectivity index (χ2v) is 6.93. The number of aliphatic carboxylic acids is 1. The van der Waals surface area contributed by atoms with Crippen molar-refractivity contribution in [3.8, 4) is 17.0 Å². The summed E-state index contributed by atoms with van der Waals surface area (Å²) < 4.78 is 10.6. The fraction of sp³-hybridized carbons (Fsp3) is 0.273. The first-order valence-electron chi connectivity index (χ1n) is 9.38. The molecule has 8 nitrogen and oxygen atoms in total. The van der Waals surface area contributed by atoms with Crippen molar-refractivity contribution in [3.05, 3.63) is 64.7 Å². The zero-order valence-corrected chi connectivity index (χ0v) is 17.2. The summed E-state index contributed by atoms with van der Waals surface area (Å²) >= 11 is 0. The van der Waals surface area contributed by atoms with E-state index in [4.69, 9.17) is 9.26 Å². The Bertz CT molecular complexity index is 1070. The first kappa shape index (κ1) is 21.0. The molecule has 1 atom stereocenters. The zero-order chi connectivity index (χ0) is 21.8. The normalized spacial score (nSPS) is 11.7. The molecule has 0 saturated heterocycles. The molecule has 2 heterocycles. The van der Waals surface area contributed by atoms with Crippen molar-refractivity contribution in [1.82, 2.24) is 15.5 Å². The molecule has 2 N–H and O–H groups in total. The summed E-state index contributed by atoms with van der Waals surface area (Å²) in [5, 5.41) is 16.1. The number of ether oxygens (including phenoxy) is 1. The van der Waals surface area contributed by atoms with Crippen molar-refractivity contribution < 1.29 is 24.0 Å². The molecule has 0 aliphatic rings. The van der Waals surface area contributed by atoms with Crippen LogP contribution in [0.2, 0.25) is 0 Å². The minimum atomic E-state index is -1.01. The van der Waals surface area contributed by atoms with Gasteiger partial charge < -0.3 is 19.7 Å². The van der Waals surface area contributed by atoms with Crippen LogP contribution in [-0.2, 0) is 4.79 Å². The molecule has 30 heavy (non-hydrogen) atoms. The third kappa shape index (κ3) is 4.32. The molecule has 0 bridgehead atoms. The molecular weight excluding hydrogens is 386 g/mol. The van der Waals surface area contributed by atoms with Crippen LogP contribution < -0.4 is 10.1 Å². The van der Waals surface area contributed by atoms with Gasteiger partial charge in [-0.3, -0.25) is 9.59 Å². The molecule has 3 aromatic rings. The van der Waals surface area contributed by atoms with E-state index >= 15 is 0 Å². The number of methoxy groups -OCH3 is 1. The molecule has 0 radical (unpaired) electrons. The van der Waals surface area contributed by atoms with E-state index < -0.39 is 17.9 Å². The first-order chi connectivity index (χ1) is 14.3. The van der Waals surface area contributed by atoms with Gasteiger partial charge in [0.25, 0.3) is 5.91 Å². The molecule has 1 aromatic carbocycles. The maximum atomic E-state index is 13.0. The number of rotatable bonds is 7. The summed E-state index contributed by atoms with van der Waals surface area (Å²) in [4.78, 5) is 28.8. The number of carbonyl (C=O) groups excluding carboxylic acids is 1. The average molecular weight is 409 g/mol. The number of carboxylic acids is 1. The van der Waals surface area contributed by atoms with Crippen LogP contribution in [0.25, 0.3) is 11.3 Å². The maximum absolute atomic E-state index is 13.0. The number of nitrogens with one attached hydrogen (secondary N) is 1. The summed E-state index contributed by atoms with van der Waals surface area (Å²) in [5.74, 6) is -0.468. The average Bonchev–Trinajstić information content (AvgIpc) is 3.05. The quantitative estimate of drug-likeness (QED) is 0.612. The fourth-order valence-corrected chi connectivity index (χ4v) is 3.36. The molecule has 0 unspecified atom stereocenters. The van der Waals surface area contributed by atoms with Crippen LogP contribution in [0.3, 0.4) is 0 Å². The van der Waals surface area contributed by atoms with Gasteiger partial charge in [-0.25, -0.2) is 4.98 Å². The van der Waals surface area contributed by atoms with Gasteiger partial charge in [-0.05, 0) is 44.0 Å². The summed E-state index contributed by atoms with van der Waals surface area (Å²) in [6.45, 7) is 5.41.